The number of aryl methyl sites for hydroxylation is 1. The van der Waals surface area contributed by atoms with Gasteiger partial charge >= 0.3 is 0 Å². The predicted molar refractivity (Wildman–Crippen MR) is 112 cm³/mol. The number of nitrogens with zero attached hydrogens (tertiary/aromatic N) is 3. The van der Waals surface area contributed by atoms with Crippen LogP contribution in [0.25, 0.3) is 11.5 Å². The van der Waals surface area contributed by atoms with E-state index < -0.39 is 0 Å². The number of benzene rings is 2. The maximum atomic E-state index is 12.7. The summed E-state index contributed by atoms with van der Waals surface area (Å²) in [7, 11) is 0. The Kier molecular flexibility index (Phi) is 5.71. The standard InChI is InChI=1S/C23H26N4O2/c1-16-8-6-9-18(14-16)23-26-25-22(29-23)17(2)27-13-7-10-19(15-27)21(28)24-20-11-4-3-5-12-20/h3-6,8-9,11-12,14,17,19H,7,10,13,15H2,1-2H3,(H,24,28). The highest BCUT2D eigenvalue weighted by Crippen LogP contribution is 2.28. The summed E-state index contributed by atoms with van der Waals surface area (Å²) in [6.45, 7) is 5.70. The van der Waals surface area contributed by atoms with Crippen molar-refractivity contribution >= 4 is 11.6 Å². The largest absolute Gasteiger partial charge is 0.419 e. The Bertz CT molecular complexity index is 970. The van der Waals surface area contributed by atoms with Crippen molar-refractivity contribution in [1.29, 1.82) is 0 Å². The summed E-state index contributed by atoms with van der Waals surface area (Å²) in [5, 5.41) is 11.5. The summed E-state index contributed by atoms with van der Waals surface area (Å²) < 4.78 is 5.97. The lowest BCUT2D eigenvalue weighted by atomic mass is 9.96. The van der Waals surface area contributed by atoms with Crippen LogP contribution < -0.4 is 5.32 Å². The number of carbonyl (C=O) groups is 1. The van der Waals surface area contributed by atoms with Gasteiger partial charge in [-0.3, -0.25) is 9.69 Å². The molecule has 0 radical (unpaired) electrons. The fourth-order valence-corrected chi connectivity index (χ4v) is 3.79. The van der Waals surface area contributed by atoms with Crippen LogP contribution in [0, 0.1) is 12.8 Å². The van der Waals surface area contributed by atoms with Gasteiger partial charge in [-0.25, -0.2) is 0 Å². The monoisotopic (exact) mass is 390 g/mol. The van der Waals surface area contributed by atoms with Crippen LogP contribution in [0.5, 0.6) is 0 Å². The van der Waals surface area contributed by atoms with Gasteiger partial charge in [-0.05, 0) is 57.5 Å². The molecule has 1 N–H and O–H groups in total. The highest BCUT2D eigenvalue weighted by atomic mass is 16.4. The molecule has 2 unspecified atom stereocenters. The Morgan fingerprint density at radius 3 is 2.79 bits per heavy atom. The Morgan fingerprint density at radius 2 is 2.00 bits per heavy atom. The van der Waals surface area contributed by atoms with Crippen LogP contribution in [0.3, 0.4) is 0 Å². The van der Waals surface area contributed by atoms with E-state index in [1.165, 1.54) is 0 Å². The molecule has 1 amide bonds. The van der Waals surface area contributed by atoms with Crippen molar-refractivity contribution in [2.75, 3.05) is 18.4 Å². The van der Waals surface area contributed by atoms with E-state index in [4.69, 9.17) is 4.42 Å². The third-order valence-corrected chi connectivity index (χ3v) is 5.48. The van der Waals surface area contributed by atoms with E-state index in [0.717, 1.165) is 36.2 Å². The van der Waals surface area contributed by atoms with Gasteiger partial charge in [0, 0.05) is 17.8 Å². The van der Waals surface area contributed by atoms with Gasteiger partial charge in [-0.15, -0.1) is 10.2 Å². The lowest BCUT2D eigenvalue weighted by Crippen LogP contribution is -2.41. The van der Waals surface area contributed by atoms with Crippen molar-refractivity contribution in [1.82, 2.24) is 15.1 Å². The average molecular weight is 390 g/mol. The Labute approximate surface area is 170 Å². The first-order valence-corrected chi connectivity index (χ1v) is 10.1. The number of aromatic nitrogens is 2. The maximum Gasteiger partial charge on any atom is 0.247 e. The molecule has 6 nitrogen and oxygen atoms in total. The van der Waals surface area contributed by atoms with Crippen molar-refractivity contribution < 1.29 is 9.21 Å². The number of rotatable bonds is 5. The van der Waals surface area contributed by atoms with E-state index in [2.05, 4.69) is 27.3 Å². The van der Waals surface area contributed by atoms with Gasteiger partial charge in [0.05, 0.1) is 12.0 Å². The van der Waals surface area contributed by atoms with Gasteiger partial charge in [0.2, 0.25) is 17.7 Å². The zero-order valence-corrected chi connectivity index (χ0v) is 16.8. The van der Waals surface area contributed by atoms with Crippen LogP contribution >= 0.6 is 0 Å². The average Bonchev–Trinajstić information content (AvgIpc) is 3.24. The van der Waals surface area contributed by atoms with Gasteiger partial charge in [0.25, 0.3) is 0 Å². The summed E-state index contributed by atoms with van der Waals surface area (Å²) in [6.07, 6.45) is 1.86. The first kappa shape index (κ1) is 19.3. The van der Waals surface area contributed by atoms with Gasteiger partial charge in [0.1, 0.15) is 0 Å². The van der Waals surface area contributed by atoms with Gasteiger partial charge in [-0.2, -0.15) is 0 Å². The molecule has 2 heterocycles. The molecule has 1 aliphatic rings. The second kappa shape index (κ2) is 8.57. The van der Waals surface area contributed by atoms with Crippen LogP contribution in [0.2, 0.25) is 0 Å². The van der Waals surface area contributed by atoms with E-state index in [1.54, 1.807) is 0 Å². The smallest absolute Gasteiger partial charge is 0.247 e. The Balaban J connectivity index is 1.42. The number of anilines is 1. The molecule has 1 aromatic heterocycles. The molecule has 1 saturated heterocycles. The van der Waals surface area contributed by atoms with Gasteiger partial charge in [0.15, 0.2) is 0 Å². The molecule has 2 aromatic carbocycles. The number of carbonyl (C=O) groups excluding carboxylic acids is 1. The van der Waals surface area contributed by atoms with Crippen LogP contribution in [0.1, 0.15) is 37.3 Å². The van der Waals surface area contributed by atoms with Crippen molar-refractivity contribution in [2.24, 2.45) is 5.92 Å². The van der Waals surface area contributed by atoms with Crippen molar-refractivity contribution in [2.45, 2.75) is 32.7 Å². The van der Waals surface area contributed by atoms with Crippen LogP contribution in [0.15, 0.2) is 59.0 Å². The van der Waals surface area contributed by atoms with E-state index in [0.29, 0.717) is 18.3 Å². The number of amides is 1. The molecule has 1 aliphatic heterocycles. The summed E-state index contributed by atoms with van der Waals surface area (Å²) in [5.41, 5.74) is 2.91. The third kappa shape index (κ3) is 4.54. The summed E-state index contributed by atoms with van der Waals surface area (Å²) in [4.78, 5) is 15.0. The molecule has 0 saturated carbocycles. The zero-order valence-electron chi connectivity index (χ0n) is 16.8. The molecule has 2 atom stereocenters. The Hall–Kier alpha value is -2.99. The topological polar surface area (TPSA) is 71.3 Å². The molecule has 1 fully saturated rings. The predicted octanol–water partition coefficient (Wildman–Crippen LogP) is 4.46. The number of para-hydroxylation sites is 1. The highest BCUT2D eigenvalue weighted by molar-refractivity contribution is 5.92. The molecular formula is C23H26N4O2. The maximum absolute atomic E-state index is 12.7. The summed E-state index contributed by atoms with van der Waals surface area (Å²) in [6, 6.07) is 17.6. The molecule has 4 rings (SSSR count). The molecule has 6 heteroatoms. The lowest BCUT2D eigenvalue weighted by Gasteiger charge is -2.34. The first-order valence-electron chi connectivity index (χ1n) is 10.1. The number of piperidine rings is 1. The second-order valence-corrected chi connectivity index (χ2v) is 7.68. The lowest BCUT2D eigenvalue weighted by molar-refractivity contribution is -0.121. The number of hydrogen-bond acceptors (Lipinski definition) is 5. The molecule has 3 aromatic rings. The van der Waals surface area contributed by atoms with E-state index in [-0.39, 0.29) is 17.9 Å². The van der Waals surface area contributed by atoms with Gasteiger partial charge in [-0.1, -0.05) is 35.9 Å². The highest BCUT2D eigenvalue weighted by Gasteiger charge is 2.31. The van der Waals surface area contributed by atoms with E-state index in [9.17, 15) is 4.79 Å². The normalized spacial score (nSPS) is 18.3. The van der Waals surface area contributed by atoms with Crippen LogP contribution in [-0.2, 0) is 4.79 Å². The Morgan fingerprint density at radius 1 is 1.17 bits per heavy atom. The third-order valence-electron chi connectivity index (χ3n) is 5.48. The number of hydrogen-bond donors (Lipinski definition) is 1. The molecule has 0 aliphatic carbocycles. The molecule has 150 valence electrons. The van der Waals surface area contributed by atoms with Crippen molar-refractivity contribution in [3.8, 4) is 11.5 Å². The number of likely N-dealkylation sites (tertiary alicyclic amines) is 1. The van der Waals surface area contributed by atoms with E-state index in [1.807, 2.05) is 61.5 Å². The van der Waals surface area contributed by atoms with Crippen molar-refractivity contribution in [3.05, 3.63) is 66.1 Å². The molecule has 0 spiro atoms. The molecule has 0 bridgehead atoms. The van der Waals surface area contributed by atoms with Crippen LogP contribution in [0.4, 0.5) is 5.69 Å². The van der Waals surface area contributed by atoms with E-state index >= 15 is 0 Å². The van der Waals surface area contributed by atoms with Crippen molar-refractivity contribution in [3.63, 3.8) is 0 Å². The second-order valence-electron chi connectivity index (χ2n) is 7.68. The minimum absolute atomic E-state index is 0.0339. The fraction of sp³-hybridized carbons (Fsp3) is 0.348. The molecular weight excluding hydrogens is 364 g/mol. The quantitative estimate of drug-likeness (QED) is 0.697. The summed E-state index contributed by atoms with van der Waals surface area (Å²) in [5.74, 6) is 1.14. The number of nitrogens with one attached hydrogen (secondary N) is 1. The zero-order chi connectivity index (χ0) is 20.2. The fourth-order valence-electron chi connectivity index (χ4n) is 3.79. The summed E-state index contributed by atoms with van der Waals surface area (Å²) >= 11 is 0. The minimum Gasteiger partial charge on any atom is -0.419 e. The van der Waals surface area contributed by atoms with Gasteiger partial charge < -0.3 is 9.73 Å². The minimum atomic E-state index is -0.0504. The first-order chi connectivity index (χ1) is 14.1. The molecule has 29 heavy (non-hydrogen) atoms. The SMILES string of the molecule is Cc1cccc(-c2nnc(C(C)N3CCCC(C(=O)Nc4ccccc4)C3)o2)c1. The van der Waals surface area contributed by atoms with Crippen LogP contribution in [-0.4, -0.2) is 34.1 Å².